The van der Waals surface area contributed by atoms with Crippen molar-refractivity contribution in [1.29, 1.82) is 0 Å². The number of carbonyl (C=O) groups is 2. The fraction of sp³-hybridized carbons (Fsp3) is 0.714. The van der Waals surface area contributed by atoms with Gasteiger partial charge in [-0.2, -0.15) is 0 Å². The van der Waals surface area contributed by atoms with Crippen LogP contribution in [0, 0.1) is 5.92 Å². The second-order valence-electron chi connectivity index (χ2n) is 2.81. The lowest BCUT2D eigenvalue weighted by Crippen LogP contribution is -2.28. The van der Waals surface area contributed by atoms with Gasteiger partial charge in [-0.25, -0.2) is 0 Å². The Bertz CT molecular complexity index is 170. The van der Waals surface area contributed by atoms with Gasteiger partial charge in [0.05, 0.1) is 6.04 Å². The first kappa shape index (κ1) is 8.20. The van der Waals surface area contributed by atoms with Crippen LogP contribution in [-0.2, 0) is 9.59 Å². The van der Waals surface area contributed by atoms with Crippen LogP contribution in [0.2, 0.25) is 0 Å². The quantitative estimate of drug-likeness (QED) is 0.517. The van der Waals surface area contributed by atoms with Crippen LogP contribution in [0.5, 0.6) is 0 Å². The Morgan fingerprint density at radius 1 is 1.82 bits per heavy atom. The van der Waals surface area contributed by atoms with Gasteiger partial charge in [0, 0.05) is 12.5 Å². The number of amides is 1. The summed E-state index contributed by atoms with van der Waals surface area (Å²) in [5.41, 5.74) is 5.37. The fourth-order valence-corrected chi connectivity index (χ4v) is 1.25. The number of aldehydes is 1. The van der Waals surface area contributed by atoms with Crippen LogP contribution in [0.4, 0.5) is 0 Å². The van der Waals surface area contributed by atoms with E-state index in [1.165, 1.54) is 0 Å². The second kappa shape index (κ2) is 3.48. The normalized spacial score (nSPS) is 26.3. The van der Waals surface area contributed by atoms with Crippen molar-refractivity contribution in [2.45, 2.75) is 18.9 Å². The Labute approximate surface area is 65.1 Å². The first-order valence-electron chi connectivity index (χ1n) is 3.72. The average molecular weight is 156 g/mol. The lowest BCUT2D eigenvalue weighted by molar-refractivity contribution is -0.122. The molecule has 62 valence electrons. The molecule has 0 bridgehead atoms. The molecule has 1 amide bonds. The van der Waals surface area contributed by atoms with Crippen molar-refractivity contribution in [2.75, 3.05) is 6.54 Å². The number of nitrogens with two attached hydrogens (primary N) is 1. The maximum Gasteiger partial charge on any atom is 0.223 e. The molecule has 11 heavy (non-hydrogen) atoms. The van der Waals surface area contributed by atoms with Gasteiger partial charge in [0.1, 0.15) is 6.29 Å². The van der Waals surface area contributed by atoms with Gasteiger partial charge in [-0.05, 0) is 12.8 Å². The summed E-state index contributed by atoms with van der Waals surface area (Å²) in [5.74, 6) is -0.0162. The van der Waals surface area contributed by atoms with Crippen molar-refractivity contribution < 1.29 is 9.59 Å². The minimum Gasteiger partial charge on any atom is -0.356 e. The summed E-state index contributed by atoms with van der Waals surface area (Å²) in [7, 11) is 0. The maximum atomic E-state index is 10.9. The molecule has 0 spiro atoms. The summed E-state index contributed by atoms with van der Waals surface area (Å²) in [5, 5.41) is 2.69. The molecule has 0 aromatic carbocycles. The molecule has 4 heteroatoms. The lowest BCUT2D eigenvalue weighted by Gasteiger charge is -2.07. The average Bonchev–Trinajstić information content (AvgIpc) is 2.37. The third-order valence-electron chi connectivity index (χ3n) is 1.89. The monoisotopic (exact) mass is 156 g/mol. The van der Waals surface area contributed by atoms with Gasteiger partial charge in [0.25, 0.3) is 0 Å². The molecular weight excluding hydrogens is 144 g/mol. The highest BCUT2D eigenvalue weighted by Gasteiger charge is 2.25. The summed E-state index contributed by atoms with van der Waals surface area (Å²) in [6.45, 7) is 0.717. The highest BCUT2D eigenvalue weighted by atomic mass is 16.2. The van der Waals surface area contributed by atoms with Crippen LogP contribution in [0.25, 0.3) is 0 Å². The van der Waals surface area contributed by atoms with Gasteiger partial charge in [-0.1, -0.05) is 0 Å². The molecule has 1 unspecified atom stereocenters. The molecule has 0 aromatic heterocycles. The third kappa shape index (κ3) is 2.01. The first-order chi connectivity index (χ1) is 5.24. The van der Waals surface area contributed by atoms with E-state index in [2.05, 4.69) is 5.32 Å². The molecule has 1 aliphatic heterocycles. The Balaban J connectivity index is 2.36. The Hall–Kier alpha value is -0.900. The molecular formula is C7H12N2O2. The third-order valence-corrected chi connectivity index (χ3v) is 1.89. The predicted molar refractivity (Wildman–Crippen MR) is 39.8 cm³/mol. The molecule has 0 radical (unpaired) electrons. The van der Waals surface area contributed by atoms with Crippen LogP contribution in [0.3, 0.4) is 0 Å². The number of nitrogens with one attached hydrogen (secondary N) is 1. The van der Waals surface area contributed by atoms with Crippen molar-refractivity contribution in [3.63, 3.8) is 0 Å². The largest absolute Gasteiger partial charge is 0.356 e. The lowest BCUT2D eigenvalue weighted by atomic mass is 10.00. The molecule has 1 heterocycles. The Kier molecular flexibility index (Phi) is 2.59. The number of carbonyl (C=O) groups excluding carboxylic acids is 2. The second-order valence-corrected chi connectivity index (χ2v) is 2.81. The standard InChI is InChI=1S/C7H12N2O2/c8-6(4-10)3-5-1-2-9-7(5)11/h4-6H,1-3,8H2,(H,9,11)/t5-,6?/m0/s1. The summed E-state index contributed by atoms with van der Waals surface area (Å²) in [6.07, 6.45) is 1.97. The van der Waals surface area contributed by atoms with Gasteiger partial charge in [0.2, 0.25) is 5.91 Å². The highest BCUT2D eigenvalue weighted by Crippen LogP contribution is 2.14. The minimum atomic E-state index is -0.483. The maximum absolute atomic E-state index is 10.9. The van der Waals surface area contributed by atoms with Crippen molar-refractivity contribution >= 4 is 12.2 Å². The van der Waals surface area contributed by atoms with E-state index in [-0.39, 0.29) is 11.8 Å². The molecule has 3 N–H and O–H groups in total. The Morgan fingerprint density at radius 2 is 2.55 bits per heavy atom. The topological polar surface area (TPSA) is 72.2 Å². The molecule has 2 atom stereocenters. The van der Waals surface area contributed by atoms with Crippen LogP contribution in [-0.4, -0.2) is 24.8 Å². The highest BCUT2D eigenvalue weighted by molar-refractivity contribution is 5.81. The minimum absolute atomic E-state index is 0.0299. The van der Waals surface area contributed by atoms with E-state index in [4.69, 9.17) is 5.73 Å². The summed E-state index contributed by atoms with van der Waals surface area (Å²) in [4.78, 5) is 21.1. The van der Waals surface area contributed by atoms with Crippen LogP contribution in [0.15, 0.2) is 0 Å². The number of hydrogen-bond acceptors (Lipinski definition) is 3. The van der Waals surface area contributed by atoms with Gasteiger partial charge in [-0.15, -0.1) is 0 Å². The molecule has 1 rings (SSSR count). The van der Waals surface area contributed by atoms with E-state index in [1.54, 1.807) is 0 Å². The van der Waals surface area contributed by atoms with E-state index < -0.39 is 6.04 Å². The van der Waals surface area contributed by atoms with Gasteiger partial charge >= 0.3 is 0 Å². The van der Waals surface area contributed by atoms with Crippen LogP contribution in [0.1, 0.15) is 12.8 Å². The van der Waals surface area contributed by atoms with E-state index in [9.17, 15) is 9.59 Å². The predicted octanol–water partition coefficient (Wildman–Crippen LogP) is -0.961. The van der Waals surface area contributed by atoms with E-state index >= 15 is 0 Å². The summed E-state index contributed by atoms with van der Waals surface area (Å²) < 4.78 is 0. The zero-order chi connectivity index (χ0) is 8.27. The van der Waals surface area contributed by atoms with Crippen LogP contribution < -0.4 is 11.1 Å². The van der Waals surface area contributed by atoms with Crippen molar-refractivity contribution in [1.82, 2.24) is 5.32 Å². The number of hydrogen-bond donors (Lipinski definition) is 2. The summed E-state index contributed by atoms with van der Waals surface area (Å²) >= 11 is 0. The molecule has 0 aliphatic carbocycles. The fourth-order valence-electron chi connectivity index (χ4n) is 1.25. The van der Waals surface area contributed by atoms with E-state index in [0.717, 1.165) is 13.0 Å². The smallest absolute Gasteiger partial charge is 0.223 e. The zero-order valence-corrected chi connectivity index (χ0v) is 6.25. The SMILES string of the molecule is NC(C=O)C[C@@H]1CCNC1=O. The molecule has 0 saturated carbocycles. The van der Waals surface area contributed by atoms with Crippen molar-refractivity contribution in [3.05, 3.63) is 0 Å². The first-order valence-corrected chi connectivity index (χ1v) is 3.72. The van der Waals surface area contributed by atoms with Crippen LogP contribution >= 0.6 is 0 Å². The van der Waals surface area contributed by atoms with Crippen molar-refractivity contribution in [2.24, 2.45) is 11.7 Å². The molecule has 1 fully saturated rings. The van der Waals surface area contributed by atoms with Crippen molar-refractivity contribution in [3.8, 4) is 0 Å². The van der Waals surface area contributed by atoms with E-state index in [0.29, 0.717) is 12.7 Å². The Morgan fingerprint density at radius 3 is 3.00 bits per heavy atom. The molecule has 4 nitrogen and oxygen atoms in total. The van der Waals surface area contributed by atoms with Gasteiger partial charge < -0.3 is 15.8 Å². The molecule has 1 aliphatic rings. The number of rotatable bonds is 3. The van der Waals surface area contributed by atoms with E-state index in [1.807, 2.05) is 0 Å². The van der Waals surface area contributed by atoms with Gasteiger partial charge in [0.15, 0.2) is 0 Å². The van der Waals surface area contributed by atoms with Gasteiger partial charge in [-0.3, -0.25) is 4.79 Å². The molecule has 1 saturated heterocycles. The zero-order valence-electron chi connectivity index (χ0n) is 6.25. The summed E-state index contributed by atoms with van der Waals surface area (Å²) in [6, 6.07) is -0.483. The molecule has 0 aromatic rings.